The van der Waals surface area contributed by atoms with Gasteiger partial charge in [0.25, 0.3) is 0 Å². The van der Waals surface area contributed by atoms with Crippen molar-refractivity contribution in [1.82, 2.24) is 4.98 Å². The molecule has 8 aromatic rings. The predicted molar refractivity (Wildman–Crippen MR) is 177 cm³/mol. The summed E-state index contributed by atoms with van der Waals surface area (Å²) in [6.45, 7) is 0. The van der Waals surface area contributed by atoms with E-state index in [-0.39, 0.29) is 0 Å². The van der Waals surface area contributed by atoms with Crippen molar-refractivity contribution < 1.29 is 4.57 Å². The van der Waals surface area contributed by atoms with Crippen LogP contribution in [-0.4, -0.2) is 4.98 Å². The van der Waals surface area contributed by atoms with Gasteiger partial charge >= 0.3 is 0 Å². The maximum Gasteiger partial charge on any atom is 0.171 e. The van der Waals surface area contributed by atoms with Gasteiger partial charge in [0.05, 0.1) is 11.2 Å². The fourth-order valence-electron chi connectivity index (χ4n) is 5.96. The number of hydrogen-bond acceptors (Lipinski definition) is 3. The fraction of sp³-hybridized carbons (Fsp3) is 0. The van der Waals surface area contributed by atoms with E-state index in [1.807, 2.05) is 90.2 Å². The van der Waals surface area contributed by atoms with Gasteiger partial charge in [-0.05, 0) is 35.7 Å². The topological polar surface area (TPSA) is 30.0 Å². The molecular weight excluding hydrogens is 537 g/mol. The Bertz CT molecular complexity index is 2250. The highest BCUT2D eigenvalue weighted by molar-refractivity contribution is 7.85. The normalized spacial score (nSPS) is 12.0. The molecule has 0 radical (unpaired) electrons. The number of rotatable bonds is 4. The summed E-state index contributed by atoms with van der Waals surface area (Å²) in [7, 11) is -3.12. The van der Waals surface area contributed by atoms with Crippen molar-refractivity contribution in [3.8, 4) is 11.3 Å². The second kappa shape index (κ2) is 9.52. The van der Waals surface area contributed by atoms with Crippen LogP contribution in [0.3, 0.4) is 0 Å². The van der Waals surface area contributed by atoms with Crippen LogP contribution >= 0.6 is 18.5 Å². The van der Waals surface area contributed by atoms with Crippen molar-refractivity contribution >= 4 is 76.2 Å². The van der Waals surface area contributed by atoms with Crippen LogP contribution in [0.2, 0.25) is 0 Å². The lowest BCUT2D eigenvalue weighted by molar-refractivity contribution is 0.592. The first-order valence-electron chi connectivity index (χ1n) is 13.7. The summed E-state index contributed by atoms with van der Waals surface area (Å²) in [4.78, 5) is 5.22. The van der Waals surface area contributed by atoms with Crippen molar-refractivity contribution in [2.45, 2.75) is 0 Å². The monoisotopic (exact) mass is 561 g/mol. The van der Waals surface area contributed by atoms with Crippen LogP contribution in [0.5, 0.6) is 0 Å². The van der Waals surface area contributed by atoms with E-state index in [9.17, 15) is 0 Å². The second-order valence-corrected chi connectivity index (χ2v) is 14.2. The van der Waals surface area contributed by atoms with Gasteiger partial charge in [0, 0.05) is 52.4 Å². The van der Waals surface area contributed by atoms with Gasteiger partial charge in [0.1, 0.15) is 0 Å². The molecule has 194 valence electrons. The summed E-state index contributed by atoms with van der Waals surface area (Å²) in [6, 6.07) is 49.5. The third kappa shape index (κ3) is 3.85. The van der Waals surface area contributed by atoms with Crippen molar-refractivity contribution in [2.24, 2.45) is 0 Å². The van der Waals surface area contributed by atoms with E-state index in [0.29, 0.717) is 0 Å². The number of hydrogen-bond donors (Lipinski definition) is 0. The number of pyridine rings is 1. The molecule has 0 fully saturated rings. The molecule has 0 atom stereocenters. The van der Waals surface area contributed by atoms with Gasteiger partial charge in [-0.2, -0.15) is 0 Å². The van der Waals surface area contributed by atoms with Crippen LogP contribution in [0.1, 0.15) is 0 Å². The van der Waals surface area contributed by atoms with Crippen LogP contribution in [0, 0.1) is 0 Å². The highest BCUT2D eigenvalue weighted by Gasteiger charge is 2.30. The first-order valence-corrected chi connectivity index (χ1v) is 16.2. The van der Waals surface area contributed by atoms with Crippen molar-refractivity contribution in [3.63, 3.8) is 0 Å². The fourth-order valence-corrected chi connectivity index (χ4v) is 9.78. The summed E-state index contributed by atoms with van der Waals surface area (Å²) < 4.78 is 17.7. The number of fused-ring (bicyclic) bond motifs is 6. The SMILES string of the molecule is O=P(c1ccccc1)(c1ccccc1)c1cccc(-c2nc3ccccc3c3cc4c(cc23)sc2ccccc24)c1. The molecule has 0 saturated carbocycles. The molecule has 0 aliphatic rings. The first kappa shape index (κ1) is 24.3. The summed E-state index contributed by atoms with van der Waals surface area (Å²) in [5.41, 5.74) is 2.83. The van der Waals surface area contributed by atoms with E-state index in [4.69, 9.17) is 4.98 Å². The Balaban J connectivity index is 1.42. The van der Waals surface area contributed by atoms with E-state index in [2.05, 4.69) is 66.7 Å². The Morgan fingerprint density at radius 2 is 1.10 bits per heavy atom. The Morgan fingerprint density at radius 3 is 1.85 bits per heavy atom. The Morgan fingerprint density at radius 1 is 0.463 bits per heavy atom. The Hall–Kier alpha value is -4.56. The summed E-state index contributed by atoms with van der Waals surface area (Å²) in [5.74, 6) is 0. The molecular formula is C37H24NOPS. The third-order valence-electron chi connectivity index (χ3n) is 7.92. The van der Waals surface area contributed by atoms with E-state index < -0.39 is 7.14 Å². The van der Waals surface area contributed by atoms with Gasteiger partial charge in [-0.25, -0.2) is 4.98 Å². The molecule has 0 aliphatic heterocycles. The van der Waals surface area contributed by atoms with Crippen LogP contribution in [-0.2, 0) is 4.57 Å². The third-order valence-corrected chi connectivity index (χ3v) is 12.1. The average Bonchev–Trinajstić information content (AvgIpc) is 3.41. The van der Waals surface area contributed by atoms with Crippen LogP contribution in [0.25, 0.3) is 53.1 Å². The lowest BCUT2D eigenvalue weighted by Gasteiger charge is -2.21. The van der Waals surface area contributed by atoms with Crippen molar-refractivity contribution in [3.05, 3.63) is 146 Å². The second-order valence-electron chi connectivity index (χ2n) is 10.3. The minimum absolute atomic E-state index is 0.804. The lowest BCUT2D eigenvalue weighted by Crippen LogP contribution is -2.25. The number of para-hydroxylation sites is 1. The molecule has 4 heteroatoms. The molecule has 6 aromatic carbocycles. The van der Waals surface area contributed by atoms with E-state index in [1.165, 1.54) is 25.6 Å². The average molecular weight is 562 g/mol. The molecule has 0 unspecified atom stereocenters. The van der Waals surface area contributed by atoms with Gasteiger partial charge in [-0.3, -0.25) is 0 Å². The van der Waals surface area contributed by atoms with Gasteiger partial charge in [-0.1, -0.05) is 115 Å². The zero-order chi connectivity index (χ0) is 27.4. The molecule has 0 aliphatic carbocycles. The standard InChI is InChI=1S/C37H24NOPS/c39-40(26-13-3-1-4-14-26,27-15-5-2-6-16-27)28-17-11-12-25(22-28)37-33-24-36-32(30-19-8-10-21-35(30)41-36)23-31(33)29-18-7-9-20-34(29)38-37/h1-24H. The largest absolute Gasteiger partial charge is 0.309 e. The molecule has 2 aromatic heterocycles. The first-order chi connectivity index (χ1) is 20.2. The van der Waals surface area contributed by atoms with Crippen molar-refractivity contribution in [1.29, 1.82) is 0 Å². The molecule has 2 nitrogen and oxygen atoms in total. The Kier molecular flexibility index (Phi) is 5.63. The molecule has 0 N–H and O–H groups in total. The van der Waals surface area contributed by atoms with Crippen LogP contribution in [0.15, 0.2) is 146 Å². The molecule has 8 rings (SSSR count). The molecule has 2 heterocycles. The zero-order valence-corrected chi connectivity index (χ0v) is 23.8. The molecule has 0 spiro atoms. The lowest BCUT2D eigenvalue weighted by atomic mass is 9.98. The quantitative estimate of drug-likeness (QED) is 0.158. The highest BCUT2D eigenvalue weighted by Crippen LogP contribution is 2.44. The number of thiophene rings is 1. The highest BCUT2D eigenvalue weighted by atomic mass is 32.1. The van der Waals surface area contributed by atoms with Crippen LogP contribution < -0.4 is 15.9 Å². The minimum atomic E-state index is -3.12. The van der Waals surface area contributed by atoms with Gasteiger partial charge in [0.15, 0.2) is 7.14 Å². The van der Waals surface area contributed by atoms with E-state index >= 15 is 4.57 Å². The van der Waals surface area contributed by atoms with Crippen molar-refractivity contribution in [2.75, 3.05) is 0 Å². The Labute approximate surface area is 241 Å². The molecule has 0 bridgehead atoms. The summed E-state index contributed by atoms with van der Waals surface area (Å²) >= 11 is 1.82. The van der Waals surface area contributed by atoms with Gasteiger partial charge < -0.3 is 4.57 Å². The minimum Gasteiger partial charge on any atom is -0.309 e. The maximum atomic E-state index is 15.1. The zero-order valence-electron chi connectivity index (χ0n) is 22.1. The van der Waals surface area contributed by atoms with Gasteiger partial charge in [-0.15, -0.1) is 11.3 Å². The number of aromatic nitrogens is 1. The van der Waals surface area contributed by atoms with Gasteiger partial charge in [0.2, 0.25) is 0 Å². The van der Waals surface area contributed by atoms with E-state index in [0.717, 1.165) is 43.5 Å². The predicted octanol–water partition coefficient (Wildman–Crippen LogP) is 9.06. The van der Waals surface area contributed by atoms with E-state index in [1.54, 1.807) is 0 Å². The smallest absolute Gasteiger partial charge is 0.171 e. The summed E-state index contributed by atoms with van der Waals surface area (Å²) in [5, 5.41) is 8.43. The molecule has 0 saturated heterocycles. The van der Waals surface area contributed by atoms with Crippen LogP contribution in [0.4, 0.5) is 0 Å². The number of nitrogens with zero attached hydrogens (tertiary/aromatic N) is 1. The molecule has 0 amide bonds. The number of benzene rings is 6. The maximum absolute atomic E-state index is 15.1. The molecule has 41 heavy (non-hydrogen) atoms. The summed E-state index contributed by atoms with van der Waals surface area (Å²) in [6.07, 6.45) is 0.